The van der Waals surface area contributed by atoms with Gasteiger partial charge in [-0.2, -0.15) is 5.26 Å². The monoisotopic (exact) mass is 415 g/mol. The minimum absolute atomic E-state index is 0.153. The number of carbonyl (C=O) groups is 3. The molecule has 1 heterocycles. The number of fused-ring (bicyclic) bond motifs is 1. The molecule has 3 aromatic carbocycles. The Balaban J connectivity index is 1.57. The van der Waals surface area contributed by atoms with E-state index in [0.717, 1.165) is 10.5 Å². The van der Waals surface area contributed by atoms with Crippen LogP contribution in [0.15, 0.2) is 66.7 Å². The first-order chi connectivity index (χ1) is 14.5. The molecule has 0 spiro atoms. The number of nitrogens with zero attached hydrogens (tertiary/aromatic N) is 2. The second-order valence-electron chi connectivity index (χ2n) is 6.65. The van der Waals surface area contributed by atoms with Gasteiger partial charge in [0.25, 0.3) is 17.7 Å². The third-order valence-electron chi connectivity index (χ3n) is 4.71. The van der Waals surface area contributed by atoms with Crippen molar-refractivity contribution < 1.29 is 14.4 Å². The Bertz CT molecular complexity index is 1210. The summed E-state index contributed by atoms with van der Waals surface area (Å²) >= 11 is 6.35. The first kappa shape index (κ1) is 19.4. The van der Waals surface area contributed by atoms with E-state index in [-0.39, 0.29) is 23.0 Å². The summed E-state index contributed by atoms with van der Waals surface area (Å²) in [7, 11) is 0. The van der Waals surface area contributed by atoms with Crippen molar-refractivity contribution >= 4 is 40.7 Å². The maximum atomic E-state index is 12.6. The Hall–Kier alpha value is -3.95. The SMILES string of the molecule is N#CCc1cccc(C(=O)Nc2ccc(N3C(=O)c4ccccc4C3=O)c(Cl)c2)c1. The molecule has 30 heavy (non-hydrogen) atoms. The highest BCUT2D eigenvalue weighted by Crippen LogP contribution is 2.34. The first-order valence-corrected chi connectivity index (χ1v) is 9.42. The number of carbonyl (C=O) groups excluding carboxylic acids is 3. The van der Waals surface area contributed by atoms with Gasteiger partial charge in [0.05, 0.1) is 34.3 Å². The lowest BCUT2D eigenvalue weighted by Crippen LogP contribution is -2.29. The van der Waals surface area contributed by atoms with Gasteiger partial charge in [-0.3, -0.25) is 14.4 Å². The van der Waals surface area contributed by atoms with Gasteiger partial charge in [0, 0.05) is 11.3 Å². The number of amides is 3. The highest BCUT2D eigenvalue weighted by atomic mass is 35.5. The molecule has 6 nitrogen and oxygen atoms in total. The summed E-state index contributed by atoms with van der Waals surface area (Å²) in [5.74, 6) is -1.24. The van der Waals surface area contributed by atoms with Crippen LogP contribution in [0.4, 0.5) is 11.4 Å². The number of nitrogens with one attached hydrogen (secondary N) is 1. The molecule has 0 unspecified atom stereocenters. The van der Waals surface area contributed by atoms with E-state index in [0.29, 0.717) is 22.4 Å². The molecule has 4 rings (SSSR count). The van der Waals surface area contributed by atoms with Gasteiger partial charge in [-0.1, -0.05) is 35.9 Å². The van der Waals surface area contributed by atoms with E-state index in [1.165, 1.54) is 12.1 Å². The predicted molar refractivity (Wildman–Crippen MR) is 113 cm³/mol. The average Bonchev–Trinajstić information content (AvgIpc) is 2.99. The summed E-state index contributed by atoms with van der Waals surface area (Å²) in [4.78, 5) is 38.8. The van der Waals surface area contributed by atoms with Crippen LogP contribution in [-0.4, -0.2) is 17.7 Å². The molecular weight excluding hydrogens is 402 g/mol. The maximum Gasteiger partial charge on any atom is 0.266 e. The molecular formula is C23H14ClN3O3. The van der Waals surface area contributed by atoms with Crippen LogP contribution in [0.3, 0.4) is 0 Å². The predicted octanol–water partition coefficient (Wildman–Crippen LogP) is 4.46. The smallest absolute Gasteiger partial charge is 0.266 e. The van der Waals surface area contributed by atoms with Gasteiger partial charge in [-0.05, 0) is 48.0 Å². The normalized spacial score (nSPS) is 12.5. The Morgan fingerprint density at radius 3 is 2.30 bits per heavy atom. The molecule has 0 saturated carbocycles. The summed E-state index contributed by atoms with van der Waals surface area (Å²) in [5, 5.41) is 11.7. The van der Waals surface area contributed by atoms with Crippen LogP contribution in [0.25, 0.3) is 0 Å². The summed E-state index contributed by atoms with van der Waals surface area (Å²) in [5.41, 5.74) is 2.46. The van der Waals surface area contributed by atoms with Gasteiger partial charge in [0.2, 0.25) is 0 Å². The molecule has 3 amide bonds. The topological polar surface area (TPSA) is 90.3 Å². The zero-order valence-corrected chi connectivity index (χ0v) is 16.3. The molecule has 1 N–H and O–H groups in total. The minimum Gasteiger partial charge on any atom is -0.322 e. The molecule has 0 atom stereocenters. The van der Waals surface area contributed by atoms with Crippen molar-refractivity contribution in [3.05, 3.63) is 94.0 Å². The standard InChI is InChI=1S/C23H14ClN3O3/c24-19-13-16(26-21(28)15-5-3-4-14(12-15)10-11-25)8-9-20(19)27-22(29)17-6-1-2-7-18(17)23(27)30/h1-9,12-13H,10H2,(H,26,28). The fraction of sp³-hybridized carbons (Fsp3) is 0.0435. The molecule has 0 aliphatic carbocycles. The maximum absolute atomic E-state index is 12.6. The van der Waals surface area contributed by atoms with Crippen molar-refractivity contribution in [2.24, 2.45) is 0 Å². The summed E-state index contributed by atoms with van der Waals surface area (Å²) in [6.07, 6.45) is 0.210. The number of benzene rings is 3. The molecule has 0 radical (unpaired) electrons. The van der Waals surface area contributed by atoms with E-state index >= 15 is 0 Å². The number of hydrogen-bond acceptors (Lipinski definition) is 4. The quantitative estimate of drug-likeness (QED) is 0.637. The number of halogens is 1. The van der Waals surface area contributed by atoms with E-state index < -0.39 is 11.8 Å². The van der Waals surface area contributed by atoms with Crippen molar-refractivity contribution in [1.29, 1.82) is 5.26 Å². The average molecular weight is 416 g/mol. The number of anilines is 2. The van der Waals surface area contributed by atoms with Gasteiger partial charge >= 0.3 is 0 Å². The Morgan fingerprint density at radius 1 is 0.967 bits per heavy atom. The molecule has 0 saturated heterocycles. The molecule has 0 bridgehead atoms. The number of imide groups is 1. The molecule has 1 aliphatic heterocycles. The zero-order chi connectivity index (χ0) is 21.3. The summed E-state index contributed by atoms with van der Waals surface area (Å²) in [6.45, 7) is 0. The van der Waals surface area contributed by atoms with E-state index in [4.69, 9.17) is 16.9 Å². The van der Waals surface area contributed by atoms with Crippen LogP contribution >= 0.6 is 11.6 Å². The van der Waals surface area contributed by atoms with Crippen LogP contribution in [-0.2, 0) is 6.42 Å². The second kappa shape index (κ2) is 7.82. The van der Waals surface area contributed by atoms with Crippen molar-refractivity contribution in [2.75, 3.05) is 10.2 Å². The van der Waals surface area contributed by atoms with Crippen LogP contribution in [0, 0.1) is 11.3 Å². The molecule has 7 heteroatoms. The van der Waals surface area contributed by atoms with Crippen LogP contribution < -0.4 is 10.2 Å². The number of hydrogen-bond donors (Lipinski definition) is 1. The lowest BCUT2D eigenvalue weighted by molar-refractivity contribution is 0.0924. The lowest BCUT2D eigenvalue weighted by Gasteiger charge is -2.16. The molecule has 1 aliphatic rings. The highest BCUT2D eigenvalue weighted by molar-refractivity contribution is 6.40. The fourth-order valence-electron chi connectivity index (χ4n) is 3.29. The second-order valence-corrected chi connectivity index (χ2v) is 7.05. The third-order valence-corrected chi connectivity index (χ3v) is 5.02. The Kier molecular flexibility index (Phi) is 5.05. The summed E-state index contributed by atoms with van der Waals surface area (Å²) < 4.78 is 0. The molecule has 0 aromatic heterocycles. The van der Waals surface area contributed by atoms with Crippen molar-refractivity contribution in [3.8, 4) is 6.07 Å². The Morgan fingerprint density at radius 2 is 1.67 bits per heavy atom. The third kappa shape index (κ3) is 3.43. The fourth-order valence-corrected chi connectivity index (χ4v) is 3.56. The van der Waals surface area contributed by atoms with Gasteiger partial charge in [0.1, 0.15) is 0 Å². The van der Waals surface area contributed by atoms with Gasteiger partial charge in [0.15, 0.2) is 0 Å². The van der Waals surface area contributed by atoms with Crippen molar-refractivity contribution in [2.45, 2.75) is 6.42 Å². The van der Waals surface area contributed by atoms with Crippen LogP contribution in [0.5, 0.6) is 0 Å². The van der Waals surface area contributed by atoms with Gasteiger partial charge in [-0.15, -0.1) is 0 Å². The van der Waals surface area contributed by atoms with E-state index in [9.17, 15) is 14.4 Å². The number of nitriles is 1. The van der Waals surface area contributed by atoms with Crippen LogP contribution in [0.1, 0.15) is 36.6 Å². The molecule has 0 fully saturated rings. The number of rotatable bonds is 4. The van der Waals surface area contributed by atoms with Crippen molar-refractivity contribution in [3.63, 3.8) is 0 Å². The molecule has 3 aromatic rings. The zero-order valence-electron chi connectivity index (χ0n) is 15.6. The van der Waals surface area contributed by atoms with E-state index in [1.54, 1.807) is 54.6 Å². The van der Waals surface area contributed by atoms with Crippen molar-refractivity contribution in [1.82, 2.24) is 0 Å². The van der Waals surface area contributed by atoms with E-state index in [2.05, 4.69) is 5.32 Å². The van der Waals surface area contributed by atoms with Gasteiger partial charge < -0.3 is 5.32 Å². The first-order valence-electron chi connectivity index (χ1n) is 9.04. The van der Waals surface area contributed by atoms with Crippen LogP contribution in [0.2, 0.25) is 5.02 Å². The Labute approximate surface area is 177 Å². The highest BCUT2D eigenvalue weighted by Gasteiger charge is 2.37. The van der Waals surface area contributed by atoms with E-state index in [1.807, 2.05) is 6.07 Å². The lowest BCUT2D eigenvalue weighted by atomic mass is 10.1. The summed E-state index contributed by atoms with van der Waals surface area (Å²) in [6, 6.07) is 20.0. The molecule has 146 valence electrons. The largest absolute Gasteiger partial charge is 0.322 e. The van der Waals surface area contributed by atoms with Gasteiger partial charge in [-0.25, -0.2) is 4.90 Å². The minimum atomic E-state index is -0.441.